The maximum absolute atomic E-state index is 12.1. The van der Waals surface area contributed by atoms with Crippen molar-refractivity contribution in [2.45, 2.75) is 51.1 Å². The van der Waals surface area contributed by atoms with Crippen molar-refractivity contribution in [1.82, 2.24) is 15.5 Å². The lowest BCUT2D eigenvalue weighted by Gasteiger charge is -2.33. The van der Waals surface area contributed by atoms with E-state index in [9.17, 15) is 18.0 Å². The molecule has 0 saturated carbocycles. The van der Waals surface area contributed by atoms with Crippen molar-refractivity contribution >= 4 is 44.7 Å². The van der Waals surface area contributed by atoms with Crippen LogP contribution >= 0.6 is 23.2 Å². The largest absolute Gasteiger partial charge is 0.379 e. The Morgan fingerprint density at radius 1 is 0.768 bits per heavy atom. The fraction of sp³-hybridized carbons (Fsp3) is 0.650. The van der Waals surface area contributed by atoms with E-state index in [2.05, 4.69) is 52.9 Å². The third-order valence-corrected chi connectivity index (χ3v) is 10.4. The average Bonchev–Trinajstić information content (AvgIpc) is 3.15. The standard InChI is InChI=1S/C40H61Cl2N3O10S/c1-45-30-37(36-27-34(41)28-39(42)38(36)31-45)33-7-3-6-32(26-33)29-43-11-15-52-19-23-55-24-20-53-16-12-44-40(47)10-9-35(46)8-4-13-50-17-21-54-22-18-51-14-5-25-56(2,48)49/h3,6-7,26-28,37,43H,4-5,8-25,29-31H2,1-2H3,(H,44,47). The molecular formula is C40H61Cl2N3O10S. The van der Waals surface area contributed by atoms with Crippen LogP contribution in [0.3, 0.4) is 0 Å². The van der Waals surface area contributed by atoms with Crippen LogP contribution in [0.25, 0.3) is 0 Å². The fourth-order valence-electron chi connectivity index (χ4n) is 6.03. The number of halogens is 2. The highest BCUT2D eigenvalue weighted by Gasteiger charge is 2.27. The molecule has 3 rings (SSSR count). The van der Waals surface area contributed by atoms with Gasteiger partial charge in [0.2, 0.25) is 5.91 Å². The summed E-state index contributed by atoms with van der Waals surface area (Å²) in [5, 5.41) is 7.61. The number of carbonyl (C=O) groups excluding carboxylic acids is 2. The van der Waals surface area contributed by atoms with E-state index in [1.807, 2.05) is 6.07 Å². The van der Waals surface area contributed by atoms with Crippen LogP contribution in [0.4, 0.5) is 0 Å². The quantitative estimate of drug-likeness (QED) is 0.100. The lowest BCUT2D eigenvalue weighted by atomic mass is 9.84. The number of hydrogen-bond acceptors (Lipinski definition) is 12. The van der Waals surface area contributed by atoms with Gasteiger partial charge >= 0.3 is 0 Å². The van der Waals surface area contributed by atoms with E-state index < -0.39 is 9.84 Å². The van der Waals surface area contributed by atoms with Crippen molar-refractivity contribution in [1.29, 1.82) is 0 Å². The van der Waals surface area contributed by atoms with Crippen LogP contribution in [-0.4, -0.2) is 143 Å². The predicted octanol–water partition coefficient (Wildman–Crippen LogP) is 4.44. The minimum absolute atomic E-state index is 0.0240. The third kappa shape index (κ3) is 21.5. The Labute approximate surface area is 343 Å². The first-order valence-electron chi connectivity index (χ1n) is 19.4. The highest BCUT2D eigenvalue weighted by atomic mass is 35.5. The zero-order chi connectivity index (χ0) is 40.4. The molecule has 1 heterocycles. The van der Waals surface area contributed by atoms with Crippen molar-refractivity contribution in [3.8, 4) is 0 Å². The first-order chi connectivity index (χ1) is 27.0. The Morgan fingerprint density at radius 3 is 2.04 bits per heavy atom. The molecule has 2 aromatic rings. The zero-order valence-electron chi connectivity index (χ0n) is 33.0. The summed E-state index contributed by atoms with van der Waals surface area (Å²) >= 11 is 12.9. The number of sulfone groups is 1. The molecule has 2 N–H and O–H groups in total. The lowest BCUT2D eigenvalue weighted by Crippen LogP contribution is -2.31. The number of amides is 1. The maximum atomic E-state index is 12.1. The van der Waals surface area contributed by atoms with E-state index in [1.54, 1.807) is 0 Å². The number of ether oxygens (including phenoxy) is 6. The number of likely N-dealkylation sites (N-methyl/N-ethyl adjacent to an activating group) is 1. The molecule has 0 bridgehead atoms. The first-order valence-corrected chi connectivity index (χ1v) is 22.2. The molecule has 1 amide bonds. The van der Waals surface area contributed by atoms with E-state index in [4.69, 9.17) is 51.6 Å². The third-order valence-electron chi connectivity index (χ3n) is 8.83. The lowest BCUT2D eigenvalue weighted by molar-refractivity contribution is -0.125. The Hall–Kier alpha value is -2.21. The molecule has 0 spiro atoms. The van der Waals surface area contributed by atoms with Gasteiger partial charge in [-0.05, 0) is 54.3 Å². The normalized spacial score (nSPS) is 14.5. The number of ketones is 1. The Morgan fingerprint density at radius 2 is 1.38 bits per heavy atom. The maximum Gasteiger partial charge on any atom is 0.220 e. The summed E-state index contributed by atoms with van der Waals surface area (Å²) in [6, 6.07) is 12.5. The van der Waals surface area contributed by atoms with E-state index in [1.165, 1.54) is 22.9 Å². The summed E-state index contributed by atoms with van der Waals surface area (Å²) in [4.78, 5) is 26.4. The molecule has 0 saturated heterocycles. The van der Waals surface area contributed by atoms with Gasteiger partial charge in [-0.2, -0.15) is 0 Å². The van der Waals surface area contributed by atoms with Crippen LogP contribution < -0.4 is 10.6 Å². The number of hydrogen-bond donors (Lipinski definition) is 2. The molecular weight excluding hydrogens is 785 g/mol. The van der Waals surface area contributed by atoms with Crippen molar-refractivity contribution in [2.75, 3.05) is 118 Å². The summed E-state index contributed by atoms with van der Waals surface area (Å²) in [7, 11) is -0.836. The molecule has 13 nitrogen and oxygen atoms in total. The van der Waals surface area contributed by atoms with Crippen LogP contribution in [0.5, 0.6) is 0 Å². The van der Waals surface area contributed by atoms with Gasteiger partial charge in [-0.15, -0.1) is 0 Å². The highest BCUT2D eigenvalue weighted by molar-refractivity contribution is 7.90. The molecule has 316 valence electrons. The van der Waals surface area contributed by atoms with Gasteiger partial charge in [0.05, 0.1) is 71.8 Å². The number of carbonyl (C=O) groups is 2. The van der Waals surface area contributed by atoms with E-state index in [0.29, 0.717) is 110 Å². The van der Waals surface area contributed by atoms with Crippen molar-refractivity contribution in [2.24, 2.45) is 0 Å². The Bertz CT molecular complexity index is 1550. The van der Waals surface area contributed by atoms with Gasteiger partial charge in [0.1, 0.15) is 15.6 Å². The number of fused-ring (bicyclic) bond motifs is 1. The summed E-state index contributed by atoms with van der Waals surface area (Å²) in [5.74, 6) is 0.170. The van der Waals surface area contributed by atoms with Gasteiger partial charge in [0.25, 0.3) is 0 Å². The van der Waals surface area contributed by atoms with Crippen LogP contribution in [0.2, 0.25) is 10.0 Å². The summed E-state index contributed by atoms with van der Waals surface area (Å²) in [5.41, 5.74) is 4.81. The van der Waals surface area contributed by atoms with Gasteiger partial charge in [0.15, 0.2) is 0 Å². The Balaban J connectivity index is 1.07. The van der Waals surface area contributed by atoms with Crippen LogP contribution in [0, 0.1) is 0 Å². The SMILES string of the molecule is CN1Cc2c(Cl)cc(Cl)cc2C(c2cccc(CNCCOCCOCCOCCNC(=O)CCC(=O)CCCOCCOCCOCCCS(C)(=O)=O)c2)C1. The zero-order valence-corrected chi connectivity index (χ0v) is 35.3. The van der Waals surface area contributed by atoms with E-state index >= 15 is 0 Å². The average molecular weight is 847 g/mol. The minimum Gasteiger partial charge on any atom is -0.379 e. The number of Topliss-reactive ketones (excluding diaryl/α,β-unsaturated/α-hetero) is 1. The molecule has 16 heteroatoms. The van der Waals surface area contributed by atoms with Gasteiger partial charge in [-0.1, -0.05) is 47.5 Å². The van der Waals surface area contributed by atoms with Gasteiger partial charge in [0, 0.05) is 87.4 Å². The molecule has 0 aliphatic carbocycles. The molecule has 1 aliphatic rings. The van der Waals surface area contributed by atoms with Crippen molar-refractivity contribution in [3.05, 3.63) is 68.7 Å². The Kier molecular flexibility index (Phi) is 24.3. The van der Waals surface area contributed by atoms with Gasteiger partial charge < -0.3 is 44.0 Å². The molecule has 1 atom stereocenters. The smallest absolute Gasteiger partial charge is 0.220 e. The fourth-order valence-corrected chi connectivity index (χ4v) is 7.25. The number of rotatable bonds is 32. The number of benzene rings is 2. The highest BCUT2D eigenvalue weighted by Crippen LogP contribution is 2.38. The predicted molar refractivity (Wildman–Crippen MR) is 219 cm³/mol. The number of nitrogens with zero attached hydrogens (tertiary/aromatic N) is 1. The minimum atomic E-state index is -2.95. The monoisotopic (exact) mass is 845 g/mol. The van der Waals surface area contributed by atoms with Crippen molar-refractivity contribution in [3.63, 3.8) is 0 Å². The van der Waals surface area contributed by atoms with E-state index in [0.717, 1.165) is 36.8 Å². The number of nitrogens with one attached hydrogen (secondary N) is 2. The summed E-state index contributed by atoms with van der Waals surface area (Å²) in [6.45, 7) is 8.74. The summed E-state index contributed by atoms with van der Waals surface area (Å²) in [6.07, 6.45) is 2.96. The molecule has 0 aromatic heterocycles. The molecule has 2 aromatic carbocycles. The second-order valence-corrected chi connectivity index (χ2v) is 16.9. The van der Waals surface area contributed by atoms with Crippen molar-refractivity contribution < 1.29 is 46.4 Å². The van der Waals surface area contributed by atoms with Crippen LogP contribution in [-0.2, 0) is 60.9 Å². The molecule has 0 radical (unpaired) electrons. The van der Waals surface area contributed by atoms with Crippen LogP contribution in [0.1, 0.15) is 60.3 Å². The molecule has 1 aliphatic heterocycles. The van der Waals surface area contributed by atoms with E-state index in [-0.39, 0.29) is 36.2 Å². The van der Waals surface area contributed by atoms with Gasteiger partial charge in [-0.25, -0.2) is 8.42 Å². The second kappa shape index (κ2) is 28.3. The second-order valence-electron chi connectivity index (χ2n) is 13.8. The van der Waals surface area contributed by atoms with Gasteiger partial charge in [-0.3, -0.25) is 9.59 Å². The van der Waals surface area contributed by atoms with Crippen LogP contribution in [0.15, 0.2) is 36.4 Å². The molecule has 56 heavy (non-hydrogen) atoms. The topological polar surface area (TPSA) is 151 Å². The molecule has 1 unspecified atom stereocenters. The first kappa shape index (κ1) is 48.2. The molecule has 0 fully saturated rings. The summed E-state index contributed by atoms with van der Waals surface area (Å²) < 4.78 is 55.0.